The molecule has 5 heteroatoms. The highest BCUT2D eigenvalue weighted by Crippen LogP contribution is 2.22. The summed E-state index contributed by atoms with van der Waals surface area (Å²) in [5.41, 5.74) is 0.889. The van der Waals surface area contributed by atoms with E-state index in [9.17, 15) is 9.59 Å². The Morgan fingerprint density at radius 1 is 1.35 bits per heavy atom. The van der Waals surface area contributed by atoms with Crippen LogP contribution in [0, 0.1) is 0 Å². The maximum atomic E-state index is 12.6. The van der Waals surface area contributed by atoms with Gasteiger partial charge >= 0.3 is 0 Å². The van der Waals surface area contributed by atoms with Gasteiger partial charge in [-0.3, -0.25) is 9.59 Å². The predicted octanol–water partition coefficient (Wildman–Crippen LogP) is 1.90. The first kappa shape index (κ1) is 14.5. The van der Waals surface area contributed by atoms with Crippen LogP contribution in [0.4, 0.5) is 5.69 Å². The highest BCUT2D eigenvalue weighted by atomic mass is 16.5. The van der Waals surface area contributed by atoms with Gasteiger partial charge in [0.1, 0.15) is 0 Å². The molecule has 0 aromatic heterocycles. The molecule has 108 valence electrons. The number of anilines is 1. The summed E-state index contributed by atoms with van der Waals surface area (Å²) in [7, 11) is 0. The minimum atomic E-state index is -0.320. The molecular weight excluding hydrogens is 256 g/mol. The standard InChI is InChI=1S/C15H20N2O3/c1-11(18)16-13-6-4-5-12(9-13)14(19)17-7-8-20-10-15(17,2)3/h4-6,9H,7-8,10H2,1-3H3,(H,16,18). The van der Waals surface area contributed by atoms with E-state index in [1.165, 1.54) is 6.92 Å². The third-order valence-corrected chi connectivity index (χ3v) is 3.32. The lowest BCUT2D eigenvalue weighted by Gasteiger charge is -2.42. The Kier molecular flexibility index (Phi) is 4.09. The molecule has 0 saturated carbocycles. The maximum absolute atomic E-state index is 12.6. The second-order valence-electron chi connectivity index (χ2n) is 5.58. The molecule has 1 aliphatic heterocycles. The average molecular weight is 276 g/mol. The van der Waals surface area contributed by atoms with E-state index in [4.69, 9.17) is 4.74 Å². The molecule has 0 radical (unpaired) electrons. The number of carbonyl (C=O) groups excluding carboxylic acids is 2. The van der Waals surface area contributed by atoms with E-state index in [2.05, 4.69) is 5.32 Å². The minimum Gasteiger partial charge on any atom is -0.377 e. The van der Waals surface area contributed by atoms with Gasteiger partial charge in [0.2, 0.25) is 5.91 Å². The second kappa shape index (κ2) is 5.63. The number of rotatable bonds is 2. The van der Waals surface area contributed by atoms with E-state index in [0.29, 0.717) is 31.0 Å². The Labute approximate surface area is 118 Å². The Bertz CT molecular complexity index is 526. The largest absolute Gasteiger partial charge is 0.377 e. The van der Waals surface area contributed by atoms with Gasteiger partial charge in [-0.15, -0.1) is 0 Å². The topological polar surface area (TPSA) is 58.6 Å². The number of nitrogens with zero attached hydrogens (tertiary/aromatic N) is 1. The second-order valence-corrected chi connectivity index (χ2v) is 5.58. The van der Waals surface area contributed by atoms with Crippen molar-refractivity contribution in [1.82, 2.24) is 4.90 Å². The smallest absolute Gasteiger partial charge is 0.254 e. The lowest BCUT2D eigenvalue weighted by molar-refractivity contribution is -0.114. The van der Waals surface area contributed by atoms with Gasteiger partial charge in [0, 0.05) is 24.7 Å². The van der Waals surface area contributed by atoms with Crippen molar-refractivity contribution in [2.24, 2.45) is 0 Å². The number of hydrogen-bond acceptors (Lipinski definition) is 3. The fourth-order valence-corrected chi connectivity index (χ4v) is 2.32. The van der Waals surface area contributed by atoms with Crippen LogP contribution in [0.25, 0.3) is 0 Å². The van der Waals surface area contributed by atoms with Crippen LogP contribution in [0.5, 0.6) is 0 Å². The minimum absolute atomic E-state index is 0.0366. The van der Waals surface area contributed by atoms with E-state index in [-0.39, 0.29) is 17.4 Å². The number of nitrogens with one attached hydrogen (secondary N) is 1. The summed E-state index contributed by atoms with van der Waals surface area (Å²) in [4.78, 5) is 25.5. The number of morpholine rings is 1. The van der Waals surface area contributed by atoms with Gasteiger partial charge < -0.3 is 15.0 Å². The molecule has 0 bridgehead atoms. The van der Waals surface area contributed by atoms with E-state index >= 15 is 0 Å². The first-order chi connectivity index (χ1) is 9.40. The number of ether oxygens (including phenoxy) is 1. The molecule has 1 aliphatic rings. The van der Waals surface area contributed by atoms with E-state index in [1.807, 2.05) is 18.7 Å². The quantitative estimate of drug-likeness (QED) is 0.897. The van der Waals surface area contributed by atoms with E-state index in [0.717, 1.165) is 0 Å². The van der Waals surface area contributed by atoms with Crippen LogP contribution in [-0.4, -0.2) is 42.0 Å². The van der Waals surface area contributed by atoms with Gasteiger partial charge in [-0.2, -0.15) is 0 Å². The van der Waals surface area contributed by atoms with E-state index < -0.39 is 0 Å². The summed E-state index contributed by atoms with van der Waals surface area (Å²) in [6.45, 7) is 7.09. The molecule has 2 amide bonds. The summed E-state index contributed by atoms with van der Waals surface area (Å²) in [6, 6.07) is 7.00. The normalized spacial score (nSPS) is 17.6. The van der Waals surface area contributed by atoms with Crippen LogP contribution < -0.4 is 5.32 Å². The van der Waals surface area contributed by atoms with Gasteiger partial charge in [0.25, 0.3) is 5.91 Å². The van der Waals surface area contributed by atoms with Crippen molar-refractivity contribution < 1.29 is 14.3 Å². The Balaban J connectivity index is 2.22. The van der Waals surface area contributed by atoms with Crippen molar-refractivity contribution in [3.8, 4) is 0 Å². The third kappa shape index (κ3) is 3.17. The summed E-state index contributed by atoms with van der Waals surface area (Å²) >= 11 is 0. The fourth-order valence-electron chi connectivity index (χ4n) is 2.32. The van der Waals surface area contributed by atoms with Crippen LogP contribution in [0.2, 0.25) is 0 Å². The molecule has 1 saturated heterocycles. The maximum Gasteiger partial charge on any atom is 0.254 e. The molecule has 1 aromatic rings. The molecule has 1 N–H and O–H groups in total. The Hall–Kier alpha value is -1.88. The van der Waals surface area contributed by atoms with Gasteiger partial charge in [0.05, 0.1) is 18.8 Å². The van der Waals surface area contributed by atoms with Crippen molar-refractivity contribution in [3.63, 3.8) is 0 Å². The monoisotopic (exact) mass is 276 g/mol. The highest BCUT2D eigenvalue weighted by Gasteiger charge is 2.34. The molecule has 0 aliphatic carbocycles. The van der Waals surface area contributed by atoms with Gasteiger partial charge in [-0.05, 0) is 32.0 Å². The molecule has 0 unspecified atom stereocenters. The number of hydrogen-bond donors (Lipinski definition) is 1. The fraction of sp³-hybridized carbons (Fsp3) is 0.467. The van der Waals surface area contributed by atoms with Crippen LogP contribution in [0.3, 0.4) is 0 Å². The summed E-state index contributed by atoms with van der Waals surface area (Å²) < 4.78 is 5.43. The van der Waals surface area contributed by atoms with Gasteiger partial charge in [0.15, 0.2) is 0 Å². The zero-order valence-electron chi connectivity index (χ0n) is 12.1. The molecule has 5 nitrogen and oxygen atoms in total. The molecule has 2 rings (SSSR count). The van der Waals surface area contributed by atoms with Gasteiger partial charge in [-0.1, -0.05) is 6.07 Å². The summed E-state index contributed by atoms with van der Waals surface area (Å²) in [6.07, 6.45) is 0. The van der Waals surface area contributed by atoms with Gasteiger partial charge in [-0.25, -0.2) is 0 Å². The van der Waals surface area contributed by atoms with Crippen molar-refractivity contribution in [2.45, 2.75) is 26.3 Å². The van der Waals surface area contributed by atoms with Crippen LogP contribution in [0.15, 0.2) is 24.3 Å². The number of carbonyl (C=O) groups is 2. The molecule has 1 aromatic carbocycles. The predicted molar refractivity (Wildman–Crippen MR) is 76.7 cm³/mol. The van der Waals surface area contributed by atoms with Crippen molar-refractivity contribution >= 4 is 17.5 Å². The van der Waals surface area contributed by atoms with Crippen molar-refractivity contribution in [3.05, 3.63) is 29.8 Å². The number of benzene rings is 1. The SMILES string of the molecule is CC(=O)Nc1cccc(C(=O)N2CCOCC2(C)C)c1. The third-order valence-electron chi connectivity index (χ3n) is 3.32. The highest BCUT2D eigenvalue weighted by molar-refractivity contribution is 5.97. The molecule has 0 atom stereocenters. The zero-order valence-corrected chi connectivity index (χ0v) is 12.1. The first-order valence-corrected chi connectivity index (χ1v) is 6.67. The van der Waals surface area contributed by atoms with E-state index in [1.54, 1.807) is 24.3 Å². The van der Waals surface area contributed by atoms with Crippen LogP contribution in [-0.2, 0) is 9.53 Å². The molecule has 1 fully saturated rings. The summed E-state index contributed by atoms with van der Waals surface area (Å²) in [5, 5.41) is 2.69. The lowest BCUT2D eigenvalue weighted by Crippen LogP contribution is -2.55. The Morgan fingerprint density at radius 3 is 2.75 bits per heavy atom. The molecule has 20 heavy (non-hydrogen) atoms. The average Bonchev–Trinajstić information content (AvgIpc) is 2.37. The molecule has 1 heterocycles. The molecule has 0 spiro atoms. The number of amides is 2. The Morgan fingerprint density at radius 2 is 2.10 bits per heavy atom. The zero-order chi connectivity index (χ0) is 14.8. The van der Waals surface area contributed by atoms with Crippen molar-refractivity contribution in [2.75, 3.05) is 25.1 Å². The first-order valence-electron chi connectivity index (χ1n) is 6.67. The van der Waals surface area contributed by atoms with Crippen LogP contribution in [0.1, 0.15) is 31.1 Å². The summed E-state index contributed by atoms with van der Waals surface area (Å²) in [5.74, 6) is -0.188. The lowest BCUT2D eigenvalue weighted by atomic mass is 10.0. The molecular formula is C15H20N2O3. The van der Waals surface area contributed by atoms with Crippen molar-refractivity contribution in [1.29, 1.82) is 0 Å². The van der Waals surface area contributed by atoms with Crippen LogP contribution >= 0.6 is 0 Å².